The van der Waals surface area contributed by atoms with E-state index < -0.39 is 0 Å². The monoisotopic (exact) mass is 569 g/mol. The maximum atomic E-state index is 13.8. The van der Waals surface area contributed by atoms with Crippen LogP contribution >= 0.6 is 11.6 Å². The molecular weight excluding hydrogens is 537 g/mol. The van der Waals surface area contributed by atoms with Crippen molar-refractivity contribution in [3.63, 3.8) is 0 Å². The molecule has 6 rings (SSSR count). The Morgan fingerprint density at radius 3 is 2.59 bits per heavy atom. The summed E-state index contributed by atoms with van der Waals surface area (Å²) in [4.78, 5) is 11.7. The molecule has 210 valence electrons. The Hall–Kier alpha value is -3.94. The summed E-state index contributed by atoms with van der Waals surface area (Å²) >= 11 is 6.75. The predicted molar refractivity (Wildman–Crippen MR) is 163 cm³/mol. The number of benzene rings is 3. The number of rotatable bonds is 9. The van der Waals surface area contributed by atoms with Gasteiger partial charge in [0, 0.05) is 30.4 Å². The van der Waals surface area contributed by atoms with Crippen molar-refractivity contribution in [1.82, 2.24) is 14.5 Å². The number of hydrogen-bond donors (Lipinski definition) is 1. The molecule has 2 N–H and O–H groups in total. The Bertz CT molecular complexity index is 1620. The molecule has 0 unspecified atom stereocenters. The van der Waals surface area contributed by atoms with Gasteiger partial charge in [-0.3, -0.25) is 0 Å². The lowest BCUT2D eigenvalue weighted by Gasteiger charge is -2.37. The van der Waals surface area contributed by atoms with Gasteiger partial charge in [-0.15, -0.1) is 0 Å². The zero-order valence-corrected chi connectivity index (χ0v) is 23.6. The Balaban J connectivity index is 1.29. The highest BCUT2D eigenvalue weighted by Crippen LogP contribution is 2.34. The highest BCUT2D eigenvalue weighted by Gasteiger charge is 2.26. The van der Waals surface area contributed by atoms with Crippen molar-refractivity contribution in [2.24, 2.45) is 5.73 Å². The fraction of sp³-hybridized carbons (Fsp3) is 0.273. The van der Waals surface area contributed by atoms with Crippen LogP contribution in [0.4, 0.5) is 10.2 Å². The molecule has 0 radical (unpaired) electrons. The van der Waals surface area contributed by atoms with Crippen molar-refractivity contribution < 1.29 is 9.13 Å². The average molecular weight is 570 g/mol. The number of halogens is 2. The molecule has 0 bridgehead atoms. The van der Waals surface area contributed by atoms with Crippen molar-refractivity contribution in [1.29, 1.82) is 0 Å². The van der Waals surface area contributed by atoms with E-state index in [1.807, 2.05) is 53.1 Å². The second-order valence-electron chi connectivity index (χ2n) is 10.7. The summed E-state index contributed by atoms with van der Waals surface area (Å²) in [6.45, 7) is 1.76. The smallest absolute Gasteiger partial charge is 0.129 e. The second kappa shape index (κ2) is 12.3. The molecule has 3 aromatic carbocycles. The van der Waals surface area contributed by atoms with Crippen LogP contribution in [0.1, 0.15) is 31.2 Å². The first-order valence-electron chi connectivity index (χ1n) is 14.1. The zero-order chi connectivity index (χ0) is 28.2. The number of anilines is 1. The normalized spacial score (nSPS) is 17.0. The number of para-hydroxylation sites is 1. The van der Waals surface area contributed by atoms with Gasteiger partial charge in [0.05, 0.1) is 28.9 Å². The van der Waals surface area contributed by atoms with E-state index in [2.05, 4.69) is 22.0 Å². The van der Waals surface area contributed by atoms with Gasteiger partial charge in [0.1, 0.15) is 24.0 Å². The zero-order valence-electron chi connectivity index (χ0n) is 22.8. The van der Waals surface area contributed by atoms with E-state index in [9.17, 15) is 4.39 Å². The van der Waals surface area contributed by atoms with Crippen LogP contribution in [-0.2, 0) is 6.54 Å². The van der Waals surface area contributed by atoms with E-state index >= 15 is 0 Å². The fourth-order valence-electron chi connectivity index (χ4n) is 5.66. The van der Waals surface area contributed by atoms with Gasteiger partial charge >= 0.3 is 0 Å². The Morgan fingerprint density at radius 1 is 0.951 bits per heavy atom. The van der Waals surface area contributed by atoms with Gasteiger partial charge in [-0.25, -0.2) is 14.4 Å². The van der Waals surface area contributed by atoms with E-state index in [4.69, 9.17) is 27.1 Å². The minimum Gasteiger partial charge on any atom is -0.492 e. The Kier molecular flexibility index (Phi) is 8.16. The van der Waals surface area contributed by atoms with Crippen LogP contribution in [0.5, 0.6) is 5.75 Å². The van der Waals surface area contributed by atoms with Gasteiger partial charge in [-0.05, 0) is 79.3 Å². The molecule has 1 aliphatic rings. The van der Waals surface area contributed by atoms with E-state index in [0.29, 0.717) is 30.8 Å². The van der Waals surface area contributed by atoms with Crippen molar-refractivity contribution in [3.05, 3.63) is 108 Å². The van der Waals surface area contributed by atoms with Crippen molar-refractivity contribution >= 4 is 28.5 Å². The third kappa shape index (κ3) is 6.37. The summed E-state index contributed by atoms with van der Waals surface area (Å²) in [5.74, 6) is 1.48. The van der Waals surface area contributed by atoms with Crippen molar-refractivity contribution in [2.45, 2.75) is 44.3 Å². The Morgan fingerprint density at radius 2 is 1.78 bits per heavy atom. The number of aromatic nitrogens is 3. The van der Waals surface area contributed by atoms with E-state index in [-0.39, 0.29) is 11.9 Å². The average Bonchev–Trinajstić information content (AvgIpc) is 3.39. The minimum absolute atomic E-state index is 0.248. The summed E-state index contributed by atoms with van der Waals surface area (Å²) < 4.78 is 21.9. The van der Waals surface area contributed by atoms with Crippen LogP contribution in [0, 0.1) is 5.82 Å². The summed E-state index contributed by atoms with van der Waals surface area (Å²) in [7, 11) is 0. The highest BCUT2D eigenvalue weighted by atomic mass is 35.5. The lowest BCUT2D eigenvalue weighted by atomic mass is 9.90. The van der Waals surface area contributed by atoms with Crippen LogP contribution < -0.4 is 15.4 Å². The first-order chi connectivity index (χ1) is 20.0. The molecule has 41 heavy (non-hydrogen) atoms. The number of ether oxygens (including phenoxy) is 1. The van der Waals surface area contributed by atoms with Crippen molar-refractivity contribution in [3.8, 4) is 16.9 Å². The number of nitrogens with zero attached hydrogens (tertiary/aromatic N) is 4. The SMILES string of the molecule is NC1CCC(N(CCOc2ccccc2)c2cc(-c3ccc4ncn(Cc5cccc(F)c5)c4c3)c(Cl)cn2)CC1. The number of hydrogen-bond acceptors (Lipinski definition) is 5. The molecule has 0 amide bonds. The number of imidazole rings is 1. The van der Waals surface area contributed by atoms with Gasteiger partial charge in [-0.2, -0.15) is 0 Å². The molecule has 0 spiro atoms. The summed E-state index contributed by atoms with van der Waals surface area (Å²) in [5.41, 5.74) is 10.8. The second-order valence-corrected chi connectivity index (χ2v) is 11.1. The molecule has 5 aromatic rings. The van der Waals surface area contributed by atoms with E-state index in [0.717, 1.165) is 65.0 Å². The lowest BCUT2D eigenvalue weighted by Crippen LogP contribution is -2.43. The van der Waals surface area contributed by atoms with Crippen LogP contribution in [0.3, 0.4) is 0 Å². The predicted octanol–water partition coefficient (Wildman–Crippen LogP) is 7.09. The van der Waals surface area contributed by atoms with Gasteiger partial charge in [-0.1, -0.05) is 48.0 Å². The Labute approximate surface area is 244 Å². The van der Waals surface area contributed by atoms with Crippen molar-refractivity contribution in [2.75, 3.05) is 18.1 Å². The minimum atomic E-state index is -0.248. The molecular formula is C33H33ClFN5O. The quantitative estimate of drug-likeness (QED) is 0.205. The number of pyridine rings is 1. The third-order valence-corrected chi connectivity index (χ3v) is 8.14. The molecule has 0 atom stereocenters. The number of fused-ring (bicyclic) bond motifs is 1. The van der Waals surface area contributed by atoms with E-state index in [1.165, 1.54) is 6.07 Å². The van der Waals surface area contributed by atoms with Gasteiger partial charge in [0.2, 0.25) is 0 Å². The molecule has 1 aliphatic carbocycles. The molecule has 6 nitrogen and oxygen atoms in total. The van der Waals surface area contributed by atoms with Gasteiger partial charge < -0.3 is 19.9 Å². The summed E-state index contributed by atoms with van der Waals surface area (Å²) in [6, 6.07) is 25.3. The molecule has 0 aliphatic heterocycles. The molecule has 1 fully saturated rings. The maximum Gasteiger partial charge on any atom is 0.129 e. The molecule has 8 heteroatoms. The van der Waals surface area contributed by atoms with Crippen LogP contribution in [0.2, 0.25) is 5.02 Å². The lowest BCUT2D eigenvalue weighted by molar-refractivity contribution is 0.304. The maximum absolute atomic E-state index is 13.8. The molecule has 1 saturated carbocycles. The van der Waals surface area contributed by atoms with Gasteiger partial charge in [0.25, 0.3) is 0 Å². The van der Waals surface area contributed by atoms with Crippen LogP contribution in [0.25, 0.3) is 22.2 Å². The highest BCUT2D eigenvalue weighted by molar-refractivity contribution is 6.33. The largest absolute Gasteiger partial charge is 0.492 e. The fourth-order valence-corrected chi connectivity index (χ4v) is 5.88. The third-order valence-electron chi connectivity index (χ3n) is 7.84. The first kappa shape index (κ1) is 27.2. The first-order valence-corrected chi connectivity index (χ1v) is 14.5. The van der Waals surface area contributed by atoms with Crippen LogP contribution in [0.15, 0.2) is 91.4 Å². The topological polar surface area (TPSA) is 69.2 Å². The van der Waals surface area contributed by atoms with Gasteiger partial charge in [0.15, 0.2) is 0 Å². The van der Waals surface area contributed by atoms with E-state index in [1.54, 1.807) is 24.7 Å². The van der Waals surface area contributed by atoms with Crippen LogP contribution in [-0.4, -0.2) is 39.8 Å². The number of nitrogens with two attached hydrogens (primary N) is 1. The standard InChI is InChI=1S/C33H33ClFN5O/c34-30-20-37-33(40(27-12-10-26(36)11-13-27)15-16-41-28-7-2-1-3-8-28)19-29(30)24-9-14-31-32(18-24)39(22-38-31)21-23-5-4-6-25(35)17-23/h1-9,14,17-20,22,26-27H,10-13,15-16,21,36H2. The molecule has 2 aromatic heterocycles. The molecule has 2 heterocycles. The summed E-state index contributed by atoms with van der Waals surface area (Å²) in [5, 5.41) is 0.579. The molecule has 0 saturated heterocycles. The summed E-state index contributed by atoms with van der Waals surface area (Å²) in [6.07, 6.45) is 7.54.